The molecule has 1 aliphatic rings. The molecule has 7 nitrogen and oxygen atoms in total. The summed E-state index contributed by atoms with van der Waals surface area (Å²) >= 11 is 2.67. The normalized spacial score (nSPS) is 16.1. The number of carbonyl (C=O) groups is 2. The first-order valence-electron chi connectivity index (χ1n) is 9.45. The summed E-state index contributed by atoms with van der Waals surface area (Å²) in [5, 5.41) is 12.8. The van der Waals surface area contributed by atoms with Gasteiger partial charge in [-0.1, -0.05) is 41.7 Å². The molecule has 158 valence electrons. The molecule has 0 N–H and O–H groups in total. The predicted molar refractivity (Wildman–Crippen MR) is 115 cm³/mol. The van der Waals surface area contributed by atoms with Crippen molar-refractivity contribution in [2.75, 3.05) is 6.61 Å². The average Bonchev–Trinajstić information content (AvgIpc) is 3.36. The lowest BCUT2D eigenvalue weighted by atomic mass is 10.0. The fraction of sp³-hybridized carbons (Fsp3) is 0.182. The lowest BCUT2D eigenvalue weighted by Gasteiger charge is -2.23. The third kappa shape index (κ3) is 3.89. The van der Waals surface area contributed by atoms with Gasteiger partial charge in [0.1, 0.15) is 6.04 Å². The van der Waals surface area contributed by atoms with E-state index >= 15 is 0 Å². The molecule has 2 aromatic heterocycles. The number of thiazole rings is 1. The van der Waals surface area contributed by atoms with Crippen LogP contribution in [0.1, 0.15) is 40.7 Å². The van der Waals surface area contributed by atoms with Crippen LogP contribution >= 0.6 is 22.7 Å². The molecule has 0 bridgehead atoms. The maximum Gasteiger partial charge on any atom is 0.338 e. The van der Waals surface area contributed by atoms with Crippen LogP contribution in [0.15, 0.2) is 62.8 Å². The van der Waals surface area contributed by atoms with Crippen molar-refractivity contribution < 1.29 is 19.4 Å². The fourth-order valence-electron chi connectivity index (χ4n) is 3.37. The number of carboxylic acid groups (broad SMARTS) is 1. The molecule has 0 unspecified atom stereocenters. The Kier molecular flexibility index (Phi) is 5.71. The second-order valence-electron chi connectivity index (χ2n) is 6.73. The summed E-state index contributed by atoms with van der Waals surface area (Å²) in [7, 11) is 0. The molecule has 3 heterocycles. The highest BCUT2D eigenvalue weighted by Crippen LogP contribution is 2.33. The number of rotatable bonds is 5. The Labute approximate surface area is 184 Å². The second-order valence-corrected chi connectivity index (χ2v) is 8.72. The number of carboxylic acids is 1. The zero-order chi connectivity index (χ0) is 22.1. The molecule has 3 aromatic rings. The Balaban J connectivity index is 1.88. The van der Waals surface area contributed by atoms with E-state index in [0.29, 0.717) is 26.2 Å². The van der Waals surface area contributed by atoms with Gasteiger partial charge in [0.25, 0.3) is 5.56 Å². The summed E-state index contributed by atoms with van der Waals surface area (Å²) in [4.78, 5) is 42.8. The Morgan fingerprint density at radius 2 is 2.00 bits per heavy atom. The molecule has 0 fully saturated rings. The molecular formula is C22H17N2O5S2-. The van der Waals surface area contributed by atoms with Gasteiger partial charge in [0.15, 0.2) is 4.80 Å². The summed E-state index contributed by atoms with van der Waals surface area (Å²) in [5.74, 6) is -1.75. The van der Waals surface area contributed by atoms with Gasteiger partial charge in [0.2, 0.25) is 0 Å². The Morgan fingerprint density at radius 3 is 2.61 bits per heavy atom. The monoisotopic (exact) mass is 453 g/mol. The van der Waals surface area contributed by atoms with Crippen molar-refractivity contribution in [3.63, 3.8) is 0 Å². The van der Waals surface area contributed by atoms with Crippen molar-refractivity contribution in [1.29, 1.82) is 0 Å². The van der Waals surface area contributed by atoms with Crippen molar-refractivity contribution in [1.82, 2.24) is 4.57 Å². The number of ether oxygens (including phenoxy) is 1. The van der Waals surface area contributed by atoms with Gasteiger partial charge in [0.05, 0.1) is 28.4 Å². The molecule has 0 radical (unpaired) electrons. The molecule has 1 aromatic carbocycles. The number of hydrogen-bond donors (Lipinski definition) is 0. The Bertz CT molecular complexity index is 1360. The van der Waals surface area contributed by atoms with Gasteiger partial charge in [-0.05, 0) is 42.5 Å². The molecule has 9 heteroatoms. The topological polar surface area (TPSA) is 101 Å². The highest BCUT2D eigenvalue weighted by Gasteiger charge is 2.33. The van der Waals surface area contributed by atoms with Gasteiger partial charge in [-0.25, -0.2) is 9.79 Å². The summed E-state index contributed by atoms with van der Waals surface area (Å²) in [6.45, 7) is 3.69. The molecule has 1 aliphatic heterocycles. The maximum atomic E-state index is 13.3. The second kappa shape index (κ2) is 8.44. The predicted octanol–water partition coefficient (Wildman–Crippen LogP) is 1.22. The van der Waals surface area contributed by atoms with E-state index in [1.54, 1.807) is 32.1 Å². The summed E-state index contributed by atoms with van der Waals surface area (Å²) in [6, 6.07) is 9.20. The number of aromatic nitrogens is 1. The van der Waals surface area contributed by atoms with Gasteiger partial charge >= 0.3 is 5.97 Å². The number of nitrogens with zero attached hydrogens (tertiary/aromatic N) is 2. The van der Waals surface area contributed by atoms with Gasteiger partial charge in [-0.2, -0.15) is 0 Å². The van der Waals surface area contributed by atoms with Crippen LogP contribution in [-0.4, -0.2) is 23.1 Å². The highest BCUT2D eigenvalue weighted by atomic mass is 32.1. The van der Waals surface area contributed by atoms with E-state index in [4.69, 9.17) is 4.74 Å². The molecule has 1 atom stereocenters. The summed E-state index contributed by atoms with van der Waals surface area (Å²) < 4.78 is 7.20. The average molecular weight is 454 g/mol. The molecule has 0 aliphatic carbocycles. The van der Waals surface area contributed by atoms with Gasteiger partial charge in [-0.15, -0.1) is 11.3 Å². The van der Waals surface area contributed by atoms with Crippen LogP contribution in [0.2, 0.25) is 0 Å². The molecule has 4 rings (SSSR count). The number of aromatic carboxylic acids is 1. The molecule has 0 amide bonds. The number of esters is 1. The van der Waals surface area contributed by atoms with Crippen LogP contribution in [0.3, 0.4) is 0 Å². The molecule has 0 saturated carbocycles. The minimum Gasteiger partial charge on any atom is -0.545 e. The summed E-state index contributed by atoms with van der Waals surface area (Å²) in [5.41, 5.74) is 1.32. The number of benzene rings is 1. The van der Waals surface area contributed by atoms with E-state index in [0.717, 1.165) is 4.88 Å². The summed E-state index contributed by atoms with van der Waals surface area (Å²) in [6.07, 6.45) is 1.68. The van der Waals surface area contributed by atoms with Gasteiger partial charge in [0, 0.05) is 4.88 Å². The van der Waals surface area contributed by atoms with Crippen LogP contribution in [-0.2, 0) is 9.53 Å². The van der Waals surface area contributed by atoms with E-state index in [-0.39, 0.29) is 17.7 Å². The Hall–Kier alpha value is -3.30. The fourth-order valence-corrected chi connectivity index (χ4v) is 5.24. The first-order valence-corrected chi connectivity index (χ1v) is 11.1. The minimum absolute atomic E-state index is 0.0611. The van der Waals surface area contributed by atoms with Gasteiger partial charge < -0.3 is 14.6 Å². The zero-order valence-corrected chi connectivity index (χ0v) is 18.3. The highest BCUT2D eigenvalue weighted by molar-refractivity contribution is 7.10. The van der Waals surface area contributed by atoms with E-state index in [9.17, 15) is 19.5 Å². The van der Waals surface area contributed by atoms with Crippen LogP contribution in [0, 0.1) is 0 Å². The van der Waals surface area contributed by atoms with Crippen molar-refractivity contribution in [2.24, 2.45) is 4.99 Å². The first kappa shape index (κ1) is 21.0. The van der Waals surface area contributed by atoms with E-state index in [2.05, 4.69) is 4.99 Å². The first-order chi connectivity index (χ1) is 14.9. The maximum absolute atomic E-state index is 13.3. The number of carbonyl (C=O) groups excluding carboxylic acids is 2. The molecule has 0 spiro atoms. The molecule has 31 heavy (non-hydrogen) atoms. The lowest BCUT2D eigenvalue weighted by Crippen LogP contribution is -2.39. The van der Waals surface area contributed by atoms with E-state index < -0.39 is 18.0 Å². The molecule has 0 saturated heterocycles. The number of thiophene rings is 1. The van der Waals surface area contributed by atoms with Crippen molar-refractivity contribution >= 4 is 40.7 Å². The van der Waals surface area contributed by atoms with Crippen LogP contribution in [0.4, 0.5) is 0 Å². The Morgan fingerprint density at radius 1 is 1.26 bits per heavy atom. The van der Waals surface area contributed by atoms with Crippen molar-refractivity contribution in [3.05, 3.63) is 88.7 Å². The molecular weight excluding hydrogens is 436 g/mol. The SMILES string of the molecule is CCOC(=O)C1=C(C)N=c2s/c(=C\c3ccc(C(=O)[O-])cc3)c(=O)n2[C@H]1c1cccs1. The van der Waals surface area contributed by atoms with Crippen molar-refractivity contribution in [2.45, 2.75) is 19.9 Å². The lowest BCUT2D eigenvalue weighted by molar-refractivity contribution is -0.255. The van der Waals surface area contributed by atoms with E-state index in [1.165, 1.54) is 39.4 Å². The standard InChI is InChI=1S/C22H18N2O5S2/c1-3-29-21(28)17-12(2)23-22-24(18(17)15-5-4-10-30-15)19(25)16(31-22)11-13-6-8-14(9-7-13)20(26)27/h4-11,18H,3H2,1-2H3,(H,26,27)/p-1/b16-11-/t18-/m0/s1. The van der Waals surface area contributed by atoms with Crippen LogP contribution in [0.5, 0.6) is 0 Å². The van der Waals surface area contributed by atoms with Crippen molar-refractivity contribution in [3.8, 4) is 0 Å². The zero-order valence-electron chi connectivity index (χ0n) is 16.7. The van der Waals surface area contributed by atoms with Crippen LogP contribution < -0.4 is 20.0 Å². The third-order valence-electron chi connectivity index (χ3n) is 4.77. The van der Waals surface area contributed by atoms with E-state index in [1.807, 2.05) is 17.5 Å². The van der Waals surface area contributed by atoms with Crippen LogP contribution in [0.25, 0.3) is 6.08 Å². The van der Waals surface area contributed by atoms with Gasteiger partial charge in [-0.3, -0.25) is 9.36 Å². The largest absolute Gasteiger partial charge is 0.545 e. The number of hydrogen-bond acceptors (Lipinski definition) is 8. The number of fused-ring (bicyclic) bond motifs is 1. The number of allylic oxidation sites excluding steroid dienone is 1. The minimum atomic E-state index is -1.26. The quantitative estimate of drug-likeness (QED) is 0.541. The third-order valence-corrected chi connectivity index (χ3v) is 6.68. The smallest absolute Gasteiger partial charge is 0.338 e.